The first-order chi connectivity index (χ1) is 15.5. The number of imidazole rings is 1. The van der Waals surface area contributed by atoms with E-state index in [0.717, 1.165) is 0 Å². The second kappa shape index (κ2) is 13.1. The van der Waals surface area contributed by atoms with Crippen LogP contribution in [-0.2, 0) is 30.4 Å². The SMILES string of the molecule is CCC(C)C(NC(=O)C(N)CO)C(=O)NC(CC(=O)O)C(=O)NC(Cc1cnc[nH]1)C(=O)O. The van der Waals surface area contributed by atoms with Gasteiger partial charge in [0.1, 0.15) is 24.2 Å². The van der Waals surface area contributed by atoms with Gasteiger partial charge in [-0.1, -0.05) is 20.3 Å². The molecule has 0 bridgehead atoms. The molecule has 1 aromatic heterocycles. The van der Waals surface area contributed by atoms with Crippen LogP contribution in [0.15, 0.2) is 12.5 Å². The molecular weight excluding hydrogens is 440 g/mol. The number of rotatable bonds is 14. The maximum Gasteiger partial charge on any atom is 0.326 e. The Hall–Kier alpha value is -3.52. The summed E-state index contributed by atoms with van der Waals surface area (Å²) in [5.41, 5.74) is 5.88. The second-order valence-corrected chi connectivity index (χ2v) is 7.50. The van der Waals surface area contributed by atoms with Crippen LogP contribution in [0.2, 0.25) is 0 Å². The van der Waals surface area contributed by atoms with Gasteiger partial charge in [0.05, 0.1) is 19.4 Å². The lowest BCUT2D eigenvalue weighted by Crippen LogP contribution is -2.59. The fourth-order valence-electron chi connectivity index (χ4n) is 2.78. The van der Waals surface area contributed by atoms with Crippen molar-refractivity contribution in [1.82, 2.24) is 25.9 Å². The van der Waals surface area contributed by atoms with Crippen LogP contribution in [0.25, 0.3) is 0 Å². The third-order valence-electron chi connectivity index (χ3n) is 4.93. The lowest BCUT2D eigenvalue weighted by atomic mass is 9.97. The number of nitrogens with two attached hydrogens (primary N) is 1. The van der Waals surface area contributed by atoms with E-state index >= 15 is 0 Å². The minimum atomic E-state index is -1.62. The smallest absolute Gasteiger partial charge is 0.326 e. The molecule has 0 fully saturated rings. The van der Waals surface area contributed by atoms with Gasteiger partial charge in [-0.05, 0) is 5.92 Å². The zero-order valence-electron chi connectivity index (χ0n) is 18.3. The highest BCUT2D eigenvalue weighted by atomic mass is 16.4. The summed E-state index contributed by atoms with van der Waals surface area (Å²) in [6.07, 6.45) is 2.16. The van der Waals surface area contributed by atoms with Gasteiger partial charge in [0.2, 0.25) is 17.7 Å². The standard InChI is InChI=1S/C19H30N6O8/c1-3-9(2)15(25-16(29)11(20)7-26)18(31)23-12(5-14(27)28)17(30)24-13(19(32)33)4-10-6-21-8-22-10/h6,8-9,11-13,15,26H,3-5,7,20H2,1-2H3,(H,21,22)(H,23,31)(H,24,30)(H,25,29)(H,27,28)(H,32,33). The number of hydrogen-bond acceptors (Lipinski definition) is 8. The molecule has 5 atom stereocenters. The number of carboxylic acid groups (broad SMARTS) is 2. The normalized spacial score (nSPS) is 15.4. The summed E-state index contributed by atoms with van der Waals surface area (Å²) in [6.45, 7) is 2.74. The molecule has 1 aromatic rings. The van der Waals surface area contributed by atoms with Crippen molar-refractivity contribution >= 4 is 29.7 Å². The Balaban J connectivity index is 3.00. The van der Waals surface area contributed by atoms with Crippen molar-refractivity contribution in [2.75, 3.05) is 6.61 Å². The molecule has 0 aliphatic heterocycles. The minimum absolute atomic E-state index is 0.153. The van der Waals surface area contributed by atoms with E-state index in [4.69, 9.17) is 15.9 Å². The zero-order valence-corrected chi connectivity index (χ0v) is 18.3. The van der Waals surface area contributed by atoms with E-state index < -0.39 is 72.8 Å². The van der Waals surface area contributed by atoms with Crippen LogP contribution in [0.3, 0.4) is 0 Å². The second-order valence-electron chi connectivity index (χ2n) is 7.50. The monoisotopic (exact) mass is 470 g/mol. The predicted octanol–water partition coefficient (Wildman–Crippen LogP) is -2.67. The summed E-state index contributed by atoms with van der Waals surface area (Å²) in [4.78, 5) is 66.8. The van der Waals surface area contributed by atoms with Crippen LogP contribution < -0.4 is 21.7 Å². The Morgan fingerprint density at radius 1 is 1.06 bits per heavy atom. The van der Waals surface area contributed by atoms with Crippen molar-refractivity contribution < 1.29 is 39.3 Å². The molecule has 184 valence electrons. The molecule has 5 unspecified atom stereocenters. The van der Waals surface area contributed by atoms with Crippen molar-refractivity contribution in [2.45, 2.75) is 57.3 Å². The number of aliphatic carboxylic acids is 2. The van der Waals surface area contributed by atoms with Crippen LogP contribution in [-0.4, -0.2) is 85.7 Å². The van der Waals surface area contributed by atoms with E-state index in [1.54, 1.807) is 13.8 Å². The summed E-state index contributed by atoms with van der Waals surface area (Å²) >= 11 is 0. The number of aromatic nitrogens is 2. The average molecular weight is 470 g/mol. The number of nitrogens with zero attached hydrogens (tertiary/aromatic N) is 1. The lowest BCUT2D eigenvalue weighted by Gasteiger charge is -2.27. The predicted molar refractivity (Wildman–Crippen MR) is 112 cm³/mol. The van der Waals surface area contributed by atoms with Crippen LogP contribution in [0, 0.1) is 5.92 Å². The Labute approximate surface area is 189 Å². The number of carboxylic acids is 2. The summed E-state index contributed by atoms with van der Waals surface area (Å²) < 4.78 is 0. The molecule has 0 saturated heterocycles. The first-order valence-corrected chi connectivity index (χ1v) is 10.2. The zero-order chi connectivity index (χ0) is 25.1. The number of amides is 3. The Morgan fingerprint density at radius 3 is 2.18 bits per heavy atom. The number of aliphatic hydroxyl groups is 1. The molecule has 14 nitrogen and oxygen atoms in total. The number of aliphatic hydroxyl groups excluding tert-OH is 1. The number of hydrogen-bond donors (Lipinski definition) is 8. The number of nitrogens with one attached hydrogen (secondary N) is 4. The van der Waals surface area contributed by atoms with Crippen molar-refractivity contribution in [3.8, 4) is 0 Å². The van der Waals surface area contributed by atoms with Gasteiger partial charge in [0.15, 0.2) is 0 Å². The topological polar surface area (TPSA) is 237 Å². The summed E-state index contributed by atoms with van der Waals surface area (Å²) in [6, 6.07) is -5.49. The van der Waals surface area contributed by atoms with E-state index in [1.165, 1.54) is 12.5 Å². The Kier molecular flexibility index (Phi) is 10.9. The maximum absolute atomic E-state index is 12.8. The molecule has 9 N–H and O–H groups in total. The quantitative estimate of drug-likeness (QED) is 0.140. The van der Waals surface area contributed by atoms with Crippen molar-refractivity contribution in [2.24, 2.45) is 11.7 Å². The highest BCUT2D eigenvalue weighted by Crippen LogP contribution is 2.10. The van der Waals surface area contributed by atoms with E-state index in [9.17, 15) is 29.1 Å². The Bertz CT molecular complexity index is 830. The maximum atomic E-state index is 12.8. The molecular formula is C19H30N6O8. The van der Waals surface area contributed by atoms with E-state index in [1.807, 2.05) is 0 Å². The molecule has 1 rings (SSSR count). The molecule has 1 heterocycles. The summed E-state index contributed by atoms with van der Waals surface area (Å²) in [5.74, 6) is -5.91. The molecule has 3 amide bonds. The molecule has 0 spiro atoms. The molecule has 14 heteroatoms. The van der Waals surface area contributed by atoms with Crippen molar-refractivity contribution in [1.29, 1.82) is 0 Å². The number of carbonyl (C=O) groups excluding carboxylic acids is 3. The van der Waals surface area contributed by atoms with E-state index in [0.29, 0.717) is 12.1 Å². The fraction of sp³-hybridized carbons (Fsp3) is 0.579. The fourth-order valence-corrected chi connectivity index (χ4v) is 2.78. The van der Waals surface area contributed by atoms with Crippen LogP contribution >= 0.6 is 0 Å². The molecule has 0 radical (unpaired) electrons. The molecule has 0 aromatic carbocycles. The van der Waals surface area contributed by atoms with Gasteiger partial charge in [-0.3, -0.25) is 19.2 Å². The minimum Gasteiger partial charge on any atom is -0.481 e. The van der Waals surface area contributed by atoms with E-state index in [-0.39, 0.29) is 6.42 Å². The van der Waals surface area contributed by atoms with Gasteiger partial charge < -0.3 is 42.0 Å². The third-order valence-corrected chi connectivity index (χ3v) is 4.93. The van der Waals surface area contributed by atoms with Gasteiger partial charge in [0.25, 0.3) is 0 Å². The van der Waals surface area contributed by atoms with E-state index in [2.05, 4.69) is 25.9 Å². The highest BCUT2D eigenvalue weighted by Gasteiger charge is 2.33. The van der Waals surface area contributed by atoms with Gasteiger partial charge in [-0.25, -0.2) is 9.78 Å². The van der Waals surface area contributed by atoms with Crippen LogP contribution in [0.4, 0.5) is 0 Å². The lowest BCUT2D eigenvalue weighted by molar-refractivity contribution is -0.143. The number of aromatic amines is 1. The first kappa shape index (κ1) is 27.5. The molecule has 0 aliphatic carbocycles. The molecule has 0 saturated carbocycles. The number of carbonyl (C=O) groups is 5. The highest BCUT2D eigenvalue weighted by molar-refractivity contribution is 5.95. The van der Waals surface area contributed by atoms with Crippen molar-refractivity contribution in [3.05, 3.63) is 18.2 Å². The largest absolute Gasteiger partial charge is 0.481 e. The average Bonchev–Trinajstić information content (AvgIpc) is 3.27. The first-order valence-electron chi connectivity index (χ1n) is 10.2. The number of H-pyrrole nitrogens is 1. The van der Waals surface area contributed by atoms with Gasteiger partial charge in [-0.2, -0.15) is 0 Å². The van der Waals surface area contributed by atoms with Gasteiger partial charge in [0, 0.05) is 18.3 Å². The summed E-state index contributed by atoms with van der Waals surface area (Å²) in [5, 5.41) is 34.5. The van der Waals surface area contributed by atoms with Crippen LogP contribution in [0.5, 0.6) is 0 Å². The molecule has 0 aliphatic rings. The van der Waals surface area contributed by atoms with Crippen LogP contribution in [0.1, 0.15) is 32.4 Å². The van der Waals surface area contributed by atoms with Gasteiger partial charge >= 0.3 is 11.9 Å². The Morgan fingerprint density at radius 2 is 1.70 bits per heavy atom. The molecule has 33 heavy (non-hydrogen) atoms. The van der Waals surface area contributed by atoms with Crippen molar-refractivity contribution in [3.63, 3.8) is 0 Å². The van der Waals surface area contributed by atoms with Gasteiger partial charge in [-0.15, -0.1) is 0 Å². The third kappa shape index (κ3) is 8.86. The summed E-state index contributed by atoms with van der Waals surface area (Å²) in [7, 11) is 0.